The van der Waals surface area contributed by atoms with E-state index in [1.807, 2.05) is 29.8 Å². The van der Waals surface area contributed by atoms with Crippen LogP contribution in [0.25, 0.3) is 10.9 Å². The summed E-state index contributed by atoms with van der Waals surface area (Å²) in [5.41, 5.74) is 2.88. The summed E-state index contributed by atoms with van der Waals surface area (Å²) in [6.07, 6.45) is 0.318. The second kappa shape index (κ2) is 8.21. The van der Waals surface area contributed by atoms with Gasteiger partial charge >= 0.3 is 0 Å². The van der Waals surface area contributed by atoms with E-state index in [0.29, 0.717) is 19.6 Å². The Morgan fingerprint density at radius 2 is 1.75 bits per heavy atom. The smallest absolute Gasteiger partial charge is 0.270 e. The van der Waals surface area contributed by atoms with Crippen LogP contribution in [0, 0.1) is 0 Å². The van der Waals surface area contributed by atoms with Crippen molar-refractivity contribution in [1.82, 2.24) is 19.3 Å². The maximum Gasteiger partial charge on any atom is 0.270 e. The number of aromatic nitrogens is 1. The van der Waals surface area contributed by atoms with Gasteiger partial charge in [0, 0.05) is 63.8 Å². The minimum absolute atomic E-state index is 0.0438. The molecule has 0 radical (unpaired) electrons. The third-order valence-electron chi connectivity index (χ3n) is 6.07. The van der Waals surface area contributed by atoms with Crippen molar-refractivity contribution in [2.45, 2.75) is 19.1 Å². The van der Waals surface area contributed by atoms with Crippen molar-refractivity contribution in [3.05, 3.63) is 35.5 Å². The van der Waals surface area contributed by atoms with Crippen LogP contribution in [0.5, 0.6) is 0 Å². The molecule has 2 N–H and O–H groups in total. The molecule has 1 atom stereocenters. The fourth-order valence-corrected chi connectivity index (χ4v) is 4.53. The first kappa shape index (κ1) is 19.4. The first-order valence-corrected chi connectivity index (χ1v) is 10.2. The molecular weight excluding hydrogens is 356 g/mol. The molecule has 0 unspecified atom stereocenters. The lowest BCUT2D eigenvalue weighted by molar-refractivity contribution is 0.0582. The SMILES string of the molecule is CN1CCc2c(n(C[C@@H](O)CN3CCN(CCO)CC3)c3ccccc23)C1=O. The minimum atomic E-state index is -0.538. The Hall–Kier alpha value is -1.93. The maximum atomic E-state index is 12.9. The summed E-state index contributed by atoms with van der Waals surface area (Å²) in [6.45, 7) is 6.28. The topological polar surface area (TPSA) is 72.2 Å². The van der Waals surface area contributed by atoms with Crippen molar-refractivity contribution < 1.29 is 15.0 Å². The molecule has 1 fully saturated rings. The number of fused-ring (bicyclic) bond motifs is 3. The van der Waals surface area contributed by atoms with Gasteiger partial charge in [-0.05, 0) is 18.1 Å². The fourth-order valence-electron chi connectivity index (χ4n) is 4.53. The van der Waals surface area contributed by atoms with Gasteiger partial charge in [0.2, 0.25) is 0 Å². The van der Waals surface area contributed by atoms with Crippen LogP contribution < -0.4 is 0 Å². The Balaban J connectivity index is 1.51. The number of piperazine rings is 1. The molecule has 0 spiro atoms. The predicted molar refractivity (Wildman–Crippen MR) is 109 cm³/mol. The van der Waals surface area contributed by atoms with E-state index < -0.39 is 6.10 Å². The third kappa shape index (κ3) is 3.67. The molecule has 1 amide bonds. The number of likely N-dealkylation sites (N-methyl/N-ethyl adjacent to an activating group) is 1. The lowest BCUT2D eigenvalue weighted by atomic mass is 10.0. The highest BCUT2D eigenvalue weighted by molar-refractivity contribution is 6.02. The van der Waals surface area contributed by atoms with Crippen LogP contribution in [0.3, 0.4) is 0 Å². The van der Waals surface area contributed by atoms with Crippen molar-refractivity contribution in [2.24, 2.45) is 0 Å². The predicted octanol–water partition coefficient (Wildman–Crippen LogP) is 0.240. The summed E-state index contributed by atoms with van der Waals surface area (Å²) < 4.78 is 2.02. The number of benzene rings is 1. The lowest BCUT2D eigenvalue weighted by Crippen LogP contribution is -2.49. The van der Waals surface area contributed by atoms with Gasteiger partial charge in [0.15, 0.2) is 0 Å². The quantitative estimate of drug-likeness (QED) is 0.744. The molecule has 152 valence electrons. The van der Waals surface area contributed by atoms with Gasteiger partial charge in [-0.2, -0.15) is 0 Å². The van der Waals surface area contributed by atoms with Crippen LogP contribution >= 0.6 is 0 Å². The van der Waals surface area contributed by atoms with Gasteiger partial charge < -0.3 is 19.7 Å². The van der Waals surface area contributed by atoms with E-state index in [2.05, 4.69) is 15.9 Å². The van der Waals surface area contributed by atoms with E-state index in [9.17, 15) is 9.90 Å². The highest BCUT2D eigenvalue weighted by atomic mass is 16.3. The Kier molecular flexibility index (Phi) is 5.68. The van der Waals surface area contributed by atoms with E-state index in [4.69, 9.17) is 5.11 Å². The number of aliphatic hydroxyl groups is 2. The van der Waals surface area contributed by atoms with Crippen molar-refractivity contribution in [1.29, 1.82) is 0 Å². The van der Waals surface area contributed by atoms with Gasteiger partial charge in [-0.15, -0.1) is 0 Å². The lowest BCUT2D eigenvalue weighted by Gasteiger charge is -2.35. The summed E-state index contributed by atoms with van der Waals surface area (Å²) in [4.78, 5) is 19.1. The van der Waals surface area contributed by atoms with Crippen LogP contribution in [0.1, 0.15) is 16.1 Å². The number of hydrogen-bond acceptors (Lipinski definition) is 5. The molecular formula is C21H30N4O3. The van der Waals surface area contributed by atoms with Gasteiger partial charge in [-0.3, -0.25) is 14.6 Å². The van der Waals surface area contributed by atoms with E-state index >= 15 is 0 Å². The normalized spacial score (nSPS) is 20.0. The zero-order valence-electron chi connectivity index (χ0n) is 16.5. The zero-order chi connectivity index (χ0) is 19.7. The zero-order valence-corrected chi connectivity index (χ0v) is 16.5. The van der Waals surface area contributed by atoms with Crippen molar-refractivity contribution in [3.63, 3.8) is 0 Å². The van der Waals surface area contributed by atoms with Gasteiger partial charge in [-0.1, -0.05) is 18.2 Å². The molecule has 28 heavy (non-hydrogen) atoms. The Labute approximate surface area is 165 Å². The monoisotopic (exact) mass is 386 g/mol. The van der Waals surface area contributed by atoms with E-state index in [-0.39, 0.29) is 12.5 Å². The number of amides is 1. The molecule has 0 bridgehead atoms. The summed E-state index contributed by atoms with van der Waals surface area (Å²) in [6, 6.07) is 8.13. The first-order chi connectivity index (χ1) is 13.6. The number of para-hydroxylation sites is 1. The number of rotatable bonds is 6. The molecule has 7 heteroatoms. The van der Waals surface area contributed by atoms with Gasteiger partial charge in [0.05, 0.1) is 19.3 Å². The van der Waals surface area contributed by atoms with Crippen LogP contribution in [-0.2, 0) is 13.0 Å². The summed E-state index contributed by atoms with van der Waals surface area (Å²) in [5.74, 6) is 0.0438. The average molecular weight is 386 g/mol. The molecule has 3 heterocycles. The van der Waals surface area contributed by atoms with Crippen molar-refractivity contribution >= 4 is 16.8 Å². The average Bonchev–Trinajstić information content (AvgIpc) is 3.01. The largest absolute Gasteiger partial charge is 0.395 e. The first-order valence-electron chi connectivity index (χ1n) is 10.2. The van der Waals surface area contributed by atoms with Gasteiger partial charge in [-0.25, -0.2) is 0 Å². The molecule has 2 aliphatic heterocycles. The Bertz CT molecular complexity index is 842. The highest BCUT2D eigenvalue weighted by Gasteiger charge is 2.30. The molecule has 1 aromatic carbocycles. The Morgan fingerprint density at radius 1 is 1.04 bits per heavy atom. The van der Waals surface area contributed by atoms with Crippen molar-refractivity contribution in [3.8, 4) is 0 Å². The molecule has 7 nitrogen and oxygen atoms in total. The van der Waals surface area contributed by atoms with E-state index in [1.54, 1.807) is 4.90 Å². The molecule has 2 aliphatic rings. The van der Waals surface area contributed by atoms with Gasteiger partial charge in [0.1, 0.15) is 5.69 Å². The summed E-state index contributed by atoms with van der Waals surface area (Å²) in [7, 11) is 1.84. The summed E-state index contributed by atoms with van der Waals surface area (Å²) in [5, 5.41) is 21.0. The fraction of sp³-hybridized carbons (Fsp3) is 0.571. The maximum absolute atomic E-state index is 12.9. The summed E-state index contributed by atoms with van der Waals surface area (Å²) >= 11 is 0. The van der Waals surface area contributed by atoms with E-state index in [0.717, 1.165) is 61.3 Å². The number of carbonyl (C=O) groups is 1. The van der Waals surface area contributed by atoms with Crippen LogP contribution in [0.15, 0.2) is 24.3 Å². The second-order valence-electron chi connectivity index (χ2n) is 7.95. The van der Waals surface area contributed by atoms with Gasteiger partial charge in [0.25, 0.3) is 5.91 Å². The number of aliphatic hydroxyl groups excluding tert-OH is 2. The minimum Gasteiger partial charge on any atom is -0.395 e. The second-order valence-corrected chi connectivity index (χ2v) is 7.95. The Morgan fingerprint density at radius 3 is 2.50 bits per heavy atom. The molecule has 0 saturated carbocycles. The van der Waals surface area contributed by atoms with Crippen molar-refractivity contribution in [2.75, 3.05) is 59.5 Å². The number of β-amino-alcohol motifs (C(OH)–C–C–N with tert-alkyl or cyclic N) is 2. The van der Waals surface area contributed by atoms with Crippen LogP contribution in [-0.4, -0.2) is 101 Å². The third-order valence-corrected chi connectivity index (χ3v) is 6.07. The number of nitrogens with zero attached hydrogens (tertiary/aromatic N) is 4. The standard InChI is InChI=1S/C21H30N4O3/c1-22-7-6-18-17-4-2-3-5-19(17)25(20(18)21(22)28)15-16(27)14-24-10-8-23(9-11-24)12-13-26/h2-5,16,26-27H,6-15H2,1H3/t16-/m0/s1. The molecule has 1 aromatic heterocycles. The molecule has 1 saturated heterocycles. The van der Waals surface area contributed by atoms with E-state index in [1.165, 1.54) is 0 Å². The number of hydrogen-bond donors (Lipinski definition) is 2. The molecule has 2 aromatic rings. The molecule has 0 aliphatic carbocycles. The highest BCUT2D eigenvalue weighted by Crippen LogP contribution is 2.30. The van der Waals surface area contributed by atoms with Crippen LogP contribution in [0.4, 0.5) is 0 Å². The molecule has 4 rings (SSSR count). The number of carbonyl (C=O) groups excluding carboxylic acids is 1. The van der Waals surface area contributed by atoms with Crippen LogP contribution in [0.2, 0.25) is 0 Å².